The normalized spacial score (nSPS) is 10.6. The summed E-state index contributed by atoms with van der Waals surface area (Å²) in [5.74, 6) is 0.858. The van der Waals surface area contributed by atoms with Crippen LogP contribution >= 0.6 is 0 Å². The summed E-state index contributed by atoms with van der Waals surface area (Å²) in [6.45, 7) is 6.50. The molecule has 0 aliphatic heterocycles. The van der Waals surface area contributed by atoms with Crippen LogP contribution in [0.2, 0.25) is 0 Å². The molecule has 1 rings (SSSR count). The van der Waals surface area contributed by atoms with E-state index in [0.29, 0.717) is 19.8 Å². The Labute approximate surface area is 78.3 Å². The summed E-state index contributed by atoms with van der Waals surface area (Å²) < 4.78 is 10.4. The van der Waals surface area contributed by atoms with Gasteiger partial charge in [-0.1, -0.05) is 0 Å². The number of rotatable bonds is 6. The molecule has 0 amide bonds. The van der Waals surface area contributed by atoms with Gasteiger partial charge in [0.2, 0.25) is 0 Å². The van der Waals surface area contributed by atoms with E-state index < -0.39 is 0 Å². The molecule has 4 heteroatoms. The van der Waals surface area contributed by atoms with Crippen LogP contribution in [0.3, 0.4) is 0 Å². The zero-order valence-electron chi connectivity index (χ0n) is 8.17. The van der Waals surface area contributed by atoms with Crippen molar-refractivity contribution in [1.82, 2.24) is 9.97 Å². The maximum atomic E-state index is 5.23. The summed E-state index contributed by atoms with van der Waals surface area (Å²) in [5.41, 5.74) is 0.997. The lowest BCUT2D eigenvalue weighted by Crippen LogP contribution is -1.95. The van der Waals surface area contributed by atoms with Crippen molar-refractivity contribution < 1.29 is 9.47 Å². The van der Waals surface area contributed by atoms with Crippen LogP contribution in [-0.2, 0) is 22.7 Å². The standard InChI is InChI=1S/C9H16N2O2/c1-3-12-6-8-5-10-9(11-8)7-13-4-2/h5H,3-4,6-7H2,1-2H3,(H,10,11). The molecule has 0 spiro atoms. The quantitative estimate of drug-likeness (QED) is 0.728. The fourth-order valence-corrected chi connectivity index (χ4v) is 0.963. The van der Waals surface area contributed by atoms with E-state index >= 15 is 0 Å². The average molecular weight is 184 g/mol. The van der Waals surface area contributed by atoms with Gasteiger partial charge in [0.15, 0.2) is 0 Å². The van der Waals surface area contributed by atoms with Crippen LogP contribution in [0, 0.1) is 0 Å². The largest absolute Gasteiger partial charge is 0.375 e. The smallest absolute Gasteiger partial charge is 0.132 e. The third-order valence-corrected chi connectivity index (χ3v) is 1.59. The number of nitrogens with zero attached hydrogens (tertiary/aromatic N) is 1. The zero-order valence-corrected chi connectivity index (χ0v) is 8.17. The molecule has 4 nitrogen and oxygen atoms in total. The molecule has 0 bridgehead atoms. The van der Waals surface area contributed by atoms with Crippen molar-refractivity contribution in [3.05, 3.63) is 17.7 Å². The van der Waals surface area contributed by atoms with Gasteiger partial charge in [-0.05, 0) is 13.8 Å². The molecule has 0 unspecified atom stereocenters. The molecule has 0 aromatic carbocycles. The summed E-state index contributed by atoms with van der Waals surface area (Å²) in [4.78, 5) is 7.27. The fraction of sp³-hybridized carbons (Fsp3) is 0.667. The summed E-state index contributed by atoms with van der Waals surface area (Å²) in [7, 11) is 0. The molecular weight excluding hydrogens is 168 g/mol. The van der Waals surface area contributed by atoms with Crippen molar-refractivity contribution >= 4 is 0 Å². The van der Waals surface area contributed by atoms with E-state index in [-0.39, 0.29) is 0 Å². The number of H-pyrrole nitrogens is 1. The maximum Gasteiger partial charge on any atom is 0.132 e. The summed E-state index contributed by atoms with van der Waals surface area (Å²) in [6, 6.07) is 0. The summed E-state index contributed by atoms with van der Waals surface area (Å²) in [6.07, 6.45) is 1.78. The second-order valence-electron chi connectivity index (χ2n) is 2.63. The van der Waals surface area contributed by atoms with E-state index in [1.807, 2.05) is 13.8 Å². The van der Waals surface area contributed by atoms with Crippen LogP contribution in [0.25, 0.3) is 0 Å². The Morgan fingerprint density at radius 2 is 1.92 bits per heavy atom. The van der Waals surface area contributed by atoms with E-state index in [2.05, 4.69) is 9.97 Å². The SMILES string of the molecule is CCOCc1cnc(COCC)[nH]1. The molecular formula is C9H16N2O2. The average Bonchev–Trinajstić information content (AvgIpc) is 2.59. The topological polar surface area (TPSA) is 47.1 Å². The van der Waals surface area contributed by atoms with Crippen LogP contribution in [0.15, 0.2) is 6.20 Å². The minimum atomic E-state index is 0.544. The second kappa shape index (κ2) is 5.72. The zero-order chi connectivity index (χ0) is 9.52. The molecule has 74 valence electrons. The molecule has 0 aliphatic rings. The van der Waals surface area contributed by atoms with Gasteiger partial charge in [-0.25, -0.2) is 4.98 Å². The van der Waals surface area contributed by atoms with Crippen LogP contribution < -0.4 is 0 Å². The van der Waals surface area contributed by atoms with Crippen molar-refractivity contribution in [3.63, 3.8) is 0 Å². The third kappa shape index (κ3) is 3.57. The number of aromatic amines is 1. The first kappa shape index (κ1) is 10.2. The minimum absolute atomic E-state index is 0.544. The monoisotopic (exact) mass is 184 g/mol. The predicted octanol–water partition coefficient (Wildman–Crippen LogP) is 1.48. The van der Waals surface area contributed by atoms with Gasteiger partial charge in [-0.3, -0.25) is 0 Å². The van der Waals surface area contributed by atoms with Crippen molar-refractivity contribution in [2.75, 3.05) is 13.2 Å². The summed E-state index contributed by atoms with van der Waals surface area (Å²) in [5, 5.41) is 0. The Bertz CT molecular complexity index is 213. The highest BCUT2D eigenvalue weighted by atomic mass is 16.5. The van der Waals surface area contributed by atoms with Gasteiger partial charge < -0.3 is 14.5 Å². The molecule has 1 aromatic rings. The molecule has 0 saturated carbocycles. The molecule has 0 fully saturated rings. The van der Waals surface area contributed by atoms with Crippen molar-refractivity contribution in [1.29, 1.82) is 0 Å². The molecule has 1 N–H and O–H groups in total. The molecule has 0 radical (unpaired) electrons. The van der Waals surface area contributed by atoms with Gasteiger partial charge in [0.1, 0.15) is 12.4 Å². The molecule has 0 atom stereocenters. The lowest BCUT2D eigenvalue weighted by atomic mass is 10.5. The van der Waals surface area contributed by atoms with Crippen LogP contribution in [0.1, 0.15) is 25.4 Å². The Hall–Kier alpha value is -0.870. The number of hydrogen-bond donors (Lipinski definition) is 1. The van der Waals surface area contributed by atoms with Gasteiger partial charge in [0, 0.05) is 13.2 Å². The van der Waals surface area contributed by atoms with Crippen molar-refractivity contribution in [2.24, 2.45) is 0 Å². The van der Waals surface area contributed by atoms with Crippen LogP contribution in [0.5, 0.6) is 0 Å². The highest BCUT2D eigenvalue weighted by molar-refractivity contribution is 4.98. The second-order valence-corrected chi connectivity index (χ2v) is 2.63. The van der Waals surface area contributed by atoms with Gasteiger partial charge in [-0.2, -0.15) is 0 Å². The van der Waals surface area contributed by atoms with Gasteiger partial charge in [0.05, 0.1) is 18.5 Å². The summed E-state index contributed by atoms with van der Waals surface area (Å²) >= 11 is 0. The highest BCUT2D eigenvalue weighted by Gasteiger charge is 1.99. The van der Waals surface area contributed by atoms with Crippen molar-refractivity contribution in [2.45, 2.75) is 27.1 Å². The van der Waals surface area contributed by atoms with Crippen LogP contribution in [0.4, 0.5) is 0 Å². The Kier molecular flexibility index (Phi) is 4.49. The van der Waals surface area contributed by atoms with E-state index in [1.165, 1.54) is 0 Å². The maximum absolute atomic E-state index is 5.23. The van der Waals surface area contributed by atoms with E-state index in [4.69, 9.17) is 9.47 Å². The molecule has 1 heterocycles. The number of hydrogen-bond acceptors (Lipinski definition) is 3. The first-order chi connectivity index (χ1) is 6.36. The van der Waals surface area contributed by atoms with Crippen LogP contribution in [-0.4, -0.2) is 23.2 Å². The Morgan fingerprint density at radius 3 is 2.62 bits per heavy atom. The lowest BCUT2D eigenvalue weighted by Gasteiger charge is -1.97. The van der Waals surface area contributed by atoms with E-state index in [9.17, 15) is 0 Å². The van der Waals surface area contributed by atoms with E-state index in [0.717, 1.165) is 18.1 Å². The third-order valence-electron chi connectivity index (χ3n) is 1.59. The Morgan fingerprint density at radius 1 is 1.23 bits per heavy atom. The number of ether oxygens (including phenoxy) is 2. The van der Waals surface area contributed by atoms with E-state index in [1.54, 1.807) is 6.20 Å². The van der Waals surface area contributed by atoms with Gasteiger partial charge >= 0.3 is 0 Å². The molecule has 0 aliphatic carbocycles. The fourth-order valence-electron chi connectivity index (χ4n) is 0.963. The number of aromatic nitrogens is 2. The molecule has 13 heavy (non-hydrogen) atoms. The highest BCUT2D eigenvalue weighted by Crippen LogP contribution is 2.00. The molecule has 0 saturated heterocycles. The molecule has 1 aromatic heterocycles. The minimum Gasteiger partial charge on any atom is -0.375 e. The van der Waals surface area contributed by atoms with Crippen molar-refractivity contribution in [3.8, 4) is 0 Å². The van der Waals surface area contributed by atoms with Gasteiger partial charge in [-0.15, -0.1) is 0 Å². The Balaban J connectivity index is 2.34. The first-order valence-electron chi connectivity index (χ1n) is 4.55. The lowest BCUT2D eigenvalue weighted by molar-refractivity contribution is 0.125. The first-order valence-corrected chi connectivity index (χ1v) is 4.55. The predicted molar refractivity (Wildman–Crippen MR) is 49.2 cm³/mol. The van der Waals surface area contributed by atoms with Gasteiger partial charge in [0.25, 0.3) is 0 Å². The number of imidazole rings is 1. The number of nitrogens with one attached hydrogen (secondary N) is 1.